The number of aliphatic hydroxyl groups is 1. The Labute approximate surface area is 114 Å². The van der Waals surface area contributed by atoms with Crippen LogP contribution in [0.4, 0.5) is 19.0 Å². The molecule has 19 heavy (non-hydrogen) atoms. The molecule has 108 valence electrons. The van der Waals surface area contributed by atoms with Crippen molar-refractivity contribution in [3.05, 3.63) is 22.8 Å². The highest BCUT2D eigenvalue weighted by Crippen LogP contribution is 2.32. The van der Waals surface area contributed by atoms with Crippen molar-refractivity contribution in [2.24, 2.45) is 5.92 Å². The molecule has 0 aliphatic rings. The van der Waals surface area contributed by atoms with Gasteiger partial charge in [-0.2, -0.15) is 13.2 Å². The number of nitrogens with one attached hydrogen (secondary N) is 1. The second kappa shape index (κ2) is 6.96. The third kappa shape index (κ3) is 5.24. The Morgan fingerprint density at radius 2 is 2.11 bits per heavy atom. The zero-order chi connectivity index (χ0) is 14.5. The highest BCUT2D eigenvalue weighted by atomic mass is 35.5. The van der Waals surface area contributed by atoms with E-state index in [9.17, 15) is 13.2 Å². The van der Waals surface area contributed by atoms with Gasteiger partial charge in [0.15, 0.2) is 0 Å². The largest absolute Gasteiger partial charge is 0.416 e. The standard InChI is InChI=1S/C12H16ClF3N2O/c1-2-8(3-4-19)7-17-11-6-9(12(14,15)16)5-10(13)18-11/h5-6,8,19H,2-4,7H2,1H3,(H,17,18). The van der Waals surface area contributed by atoms with Crippen molar-refractivity contribution in [2.75, 3.05) is 18.5 Å². The summed E-state index contributed by atoms with van der Waals surface area (Å²) in [5.74, 6) is 0.274. The summed E-state index contributed by atoms with van der Waals surface area (Å²) in [6.45, 7) is 2.45. The minimum absolute atomic E-state index is 0.0525. The van der Waals surface area contributed by atoms with Crippen LogP contribution in [0.15, 0.2) is 12.1 Å². The average Bonchev–Trinajstić information content (AvgIpc) is 2.32. The number of alkyl halides is 3. The molecule has 0 saturated carbocycles. The molecule has 0 saturated heterocycles. The third-order valence-electron chi connectivity index (χ3n) is 2.81. The van der Waals surface area contributed by atoms with E-state index in [1.807, 2.05) is 6.92 Å². The number of aliphatic hydroxyl groups excluding tert-OH is 1. The van der Waals surface area contributed by atoms with E-state index in [-0.39, 0.29) is 23.5 Å². The Bertz CT molecular complexity index is 412. The van der Waals surface area contributed by atoms with E-state index in [4.69, 9.17) is 16.7 Å². The van der Waals surface area contributed by atoms with Crippen molar-refractivity contribution < 1.29 is 18.3 Å². The van der Waals surface area contributed by atoms with E-state index in [0.717, 1.165) is 18.6 Å². The smallest absolute Gasteiger partial charge is 0.396 e. The number of anilines is 1. The molecule has 3 nitrogen and oxygen atoms in total. The molecule has 0 aromatic carbocycles. The van der Waals surface area contributed by atoms with Crippen molar-refractivity contribution in [2.45, 2.75) is 25.9 Å². The van der Waals surface area contributed by atoms with E-state index in [1.165, 1.54) is 0 Å². The molecular weight excluding hydrogens is 281 g/mol. The van der Waals surface area contributed by atoms with Crippen LogP contribution >= 0.6 is 11.6 Å². The number of aromatic nitrogens is 1. The number of hydrogen-bond donors (Lipinski definition) is 2. The average molecular weight is 297 g/mol. The number of hydrogen-bond acceptors (Lipinski definition) is 3. The first-order valence-corrected chi connectivity index (χ1v) is 6.34. The molecule has 1 atom stereocenters. The van der Waals surface area contributed by atoms with Crippen molar-refractivity contribution in [1.82, 2.24) is 4.98 Å². The van der Waals surface area contributed by atoms with Crippen LogP contribution in [0.3, 0.4) is 0 Å². The van der Waals surface area contributed by atoms with Gasteiger partial charge in [-0.25, -0.2) is 4.98 Å². The summed E-state index contributed by atoms with van der Waals surface area (Å²) in [6, 6.07) is 1.72. The maximum atomic E-state index is 12.6. The van der Waals surface area contributed by atoms with E-state index < -0.39 is 11.7 Å². The molecule has 1 rings (SSSR count). The summed E-state index contributed by atoms with van der Waals surface area (Å²) in [5, 5.41) is 11.5. The first-order chi connectivity index (χ1) is 8.86. The monoisotopic (exact) mass is 296 g/mol. The first-order valence-electron chi connectivity index (χ1n) is 5.96. The molecule has 0 amide bonds. The fourth-order valence-electron chi connectivity index (χ4n) is 1.63. The Morgan fingerprint density at radius 1 is 1.42 bits per heavy atom. The van der Waals surface area contributed by atoms with Crippen LogP contribution in [0.2, 0.25) is 5.15 Å². The molecule has 7 heteroatoms. The lowest BCUT2D eigenvalue weighted by Crippen LogP contribution is -2.16. The van der Waals surface area contributed by atoms with Gasteiger partial charge < -0.3 is 10.4 Å². The SMILES string of the molecule is CCC(CCO)CNc1cc(C(F)(F)F)cc(Cl)n1. The van der Waals surface area contributed by atoms with Crippen molar-refractivity contribution in [3.8, 4) is 0 Å². The summed E-state index contributed by atoms with van der Waals surface area (Å²) >= 11 is 5.58. The van der Waals surface area contributed by atoms with Crippen molar-refractivity contribution in [1.29, 1.82) is 0 Å². The second-order valence-corrected chi connectivity index (χ2v) is 4.62. The Balaban J connectivity index is 2.76. The quantitative estimate of drug-likeness (QED) is 0.789. The van der Waals surface area contributed by atoms with Crippen LogP contribution in [0.1, 0.15) is 25.3 Å². The van der Waals surface area contributed by atoms with Gasteiger partial charge in [0.05, 0.1) is 5.56 Å². The Kier molecular flexibility index (Phi) is 5.87. The Morgan fingerprint density at radius 3 is 2.63 bits per heavy atom. The molecule has 1 heterocycles. The lowest BCUT2D eigenvalue weighted by Gasteiger charge is -2.16. The van der Waals surface area contributed by atoms with Gasteiger partial charge in [-0.15, -0.1) is 0 Å². The zero-order valence-electron chi connectivity index (χ0n) is 10.5. The molecule has 0 radical (unpaired) electrons. The van der Waals surface area contributed by atoms with Crippen LogP contribution in [0, 0.1) is 5.92 Å². The molecule has 0 bridgehead atoms. The highest BCUT2D eigenvalue weighted by molar-refractivity contribution is 6.29. The number of pyridine rings is 1. The molecule has 0 fully saturated rings. The van der Waals surface area contributed by atoms with Crippen LogP contribution in [-0.2, 0) is 6.18 Å². The lowest BCUT2D eigenvalue weighted by atomic mass is 10.0. The summed E-state index contributed by atoms with van der Waals surface area (Å²) in [5.41, 5.74) is -0.829. The van der Waals surface area contributed by atoms with Crippen LogP contribution in [0.25, 0.3) is 0 Å². The maximum absolute atomic E-state index is 12.6. The highest BCUT2D eigenvalue weighted by Gasteiger charge is 2.31. The van der Waals surface area contributed by atoms with Gasteiger partial charge in [0.2, 0.25) is 0 Å². The topological polar surface area (TPSA) is 45.1 Å². The van der Waals surface area contributed by atoms with Gasteiger partial charge in [-0.3, -0.25) is 0 Å². The molecule has 2 N–H and O–H groups in total. The first kappa shape index (κ1) is 16.0. The summed E-state index contributed by atoms with van der Waals surface area (Å²) < 4.78 is 37.8. The third-order valence-corrected chi connectivity index (χ3v) is 3.00. The van der Waals surface area contributed by atoms with Gasteiger partial charge in [-0.1, -0.05) is 24.9 Å². The number of halogens is 4. The molecule has 1 unspecified atom stereocenters. The van der Waals surface area contributed by atoms with E-state index in [1.54, 1.807) is 0 Å². The molecule has 0 spiro atoms. The second-order valence-electron chi connectivity index (χ2n) is 4.23. The normalized spacial score (nSPS) is 13.4. The van der Waals surface area contributed by atoms with E-state index in [2.05, 4.69) is 10.3 Å². The summed E-state index contributed by atoms with van der Waals surface area (Å²) in [4.78, 5) is 3.81. The van der Waals surface area contributed by atoms with Gasteiger partial charge in [0.1, 0.15) is 11.0 Å². The van der Waals surface area contributed by atoms with Crippen LogP contribution in [-0.4, -0.2) is 23.2 Å². The lowest BCUT2D eigenvalue weighted by molar-refractivity contribution is -0.137. The number of rotatable bonds is 6. The molecule has 0 aliphatic heterocycles. The van der Waals surface area contributed by atoms with Gasteiger partial charge in [-0.05, 0) is 24.5 Å². The minimum Gasteiger partial charge on any atom is -0.396 e. The fourth-order valence-corrected chi connectivity index (χ4v) is 1.84. The summed E-state index contributed by atoms with van der Waals surface area (Å²) in [6.07, 6.45) is -3.03. The fraction of sp³-hybridized carbons (Fsp3) is 0.583. The predicted octanol–water partition coefficient (Wildman–Crippen LogP) is 3.57. The Hall–Kier alpha value is -1.01. The van der Waals surface area contributed by atoms with Crippen molar-refractivity contribution in [3.63, 3.8) is 0 Å². The van der Waals surface area contributed by atoms with E-state index >= 15 is 0 Å². The van der Waals surface area contributed by atoms with E-state index in [0.29, 0.717) is 13.0 Å². The molecule has 0 aliphatic carbocycles. The van der Waals surface area contributed by atoms with Gasteiger partial charge in [0.25, 0.3) is 0 Å². The van der Waals surface area contributed by atoms with Crippen molar-refractivity contribution >= 4 is 17.4 Å². The van der Waals surface area contributed by atoms with Crippen LogP contribution < -0.4 is 5.32 Å². The summed E-state index contributed by atoms with van der Waals surface area (Å²) in [7, 11) is 0. The number of nitrogens with zero attached hydrogens (tertiary/aromatic N) is 1. The maximum Gasteiger partial charge on any atom is 0.416 e. The van der Waals surface area contributed by atoms with Crippen LogP contribution in [0.5, 0.6) is 0 Å². The van der Waals surface area contributed by atoms with Gasteiger partial charge in [0, 0.05) is 13.2 Å². The predicted molar refractivity (Wildman–Crippen MR) is 68.2 cm³/mol. The minimum atomic E-state index is -4.45. The molecular formula is C12H16ClF3N2O. The zero-order valence-corrected chi connectivity index (χ0v) is 11.2. The molecule has 1 aromatic rings. The van der Waals surface area contributed by atoms with Gasteiger partial charge >= 0.3 is 6.18 Å². The molecule has 1 aromatic heterocycles.